The van der Waals surface area contributed by atoms with E-state index in [1.807, 2.05) is 22.2 Å². The minimum atomic E-state index is -0.414. The molecule has 1 aromatic carbocycles. The summed E-state index contributed by atoms with van der Waals surface area (Å²) < 4.78 is 13.1. The van der Waals surface area contributed by atoms with Crippen molar-refractivity contribution in [1.82, 2.24) is 4.98 Å². The predicted octanol–water partition coefficient (Wildman–Crippen LogP) is 4.91. The second-order valence-electron chi connectivity index (χ2n) is 4.30. The number of thiophene rings is 1. The van der Waals surface area contributed by atoms with Gasteiger partial charge in [-0.1, -0.05) is 12.1 Å². The van der Waals surface area contributed by atoms with E-state index in [0.29, 0.717) is 5.56 Å². The molecule has 5 heteroatoms. The molecule has 0 bridgehead atoms. The number of rotatable bonds is 4. The van der Waals surface area contributed by atoms with Crippen LogP contribution in [0.4, 0.5) is 4.39 Å². The lowest BCUT2D eigenvalue weighted by molar-refractivity contribution is 0.104. The lowest BCUT2D eigenvalue weighted by Gasteiger charge is -1.94. The van der Waals surface area contributed by atoms with Crippen LogP contribution in [0.15, 0.2) is 52.5 Å². The van der Waals surface area contributed by atoms with Gasteiger partial charge in [0.15, 0.2) is 5.78 Å². The summed E-state index contributed by atoms with van der Waals surface area (Å²) in [7, 11) is 0. The van der Waals surface area contributed by atoms with Crippen LogP contribution in [0.2, 0.25) is 0 Å². The molecule has 0 unspecified atom stereocenters. The van der Waals surface area contributed by atoms with E-state index in [0.717, 1.165) is 16.3 Å². The molecule has 0 saturated heterocycles. The maximum absolute atomic E-state index is 13.1. The predicted molar refractivity (Wildman–Crippen MR) is 85.2 cm³/mol. The fourth-order valence-electron chi connectivity index (χ4n) is 1.78. The standard InChI is InChI=1S/C16H10FNOS2/c17-13-3-1-2-11(8-13)15(19)5-4-14-10-21-16(18-14)12-6-7-20-9-12/h1-10H/b5-4+. The van der Waals surface area contributed by atoms with Gasteiger partial charge in [-0.25, -0.2) is 9.37 Å². The topological polar surface area (TPSA) is 30.0 Å². The molecule has 3 rings (SSSR count). The monoisotopic (exact) mass is 315 g/mol. The quantitative estimate of drug-likeness (QED) is 0.506. The van der Waals surface area contributed by atoms with Crippen LogP contribution >= 0.6 is 22.7 Å². The zero-order valence-corrected chi connectivity index (χ0v) is 12.5. The number of hydrogen-bond acceptors (Lipinski definition) is 4. The van der Waals surface area contributed by atoms with Gasteiger partial charge in [-0.05, 0) is 35.7 Å². The molecule has 0 N–H and O–H groups in total. The first-order valence-electron chi connectivity index (χ1n) is 6.18. The molecule has 2 nitrogen and oxygen atoms in total. The van der Waals surface area contributed by atoms with Crippen LogP contribution < -0.4 is 0 Å². The molecule has 0 saturated carbocycles. The summed E-state index contributed by atoms with van der Waals surface area (Å²) >= 11 is 3.15. The van der Waals surface area contributed by atoms with E-state index in [9.17, 15) is 9.18 Å². The fourth-order valence-corrected chi connectivity index (χ4v) is 3.28. The Morgan fingerprint density at radius 1 is 1.24 bits per heavy atom. The fraction of sp³-hybridized carbons (Fsp3) is 0. The summed E-state index contributed by atoms with van der Waals surface area (Å²) in [6, 6.07) is 7.66. The minimum Gasteiger partial charge on any atom is -0.289 e. The van der Waals surface area contributed by atoms with Crippen molar-refractivity contribution in [2.75, 3.05) is 0 Å². The molecule has 21 heavy (non-hydrogen) atoms. The molecule has 0 aliphatic heterocycles. The Bertz CT molecular complexity index is 790. The first-order valence-corrected chi connectivity index (χ1v) is 8.01. The van der Waals surface area contributed by atoms with Gasteiger partial charge >= 0.3 is 0 Å². The molecule has 0 atom stereocenters. The Kier molecular flexibility index (Phi) is 4.03. The highest BCUT2D eigenvalue weighted by atomic mass is 32.1. The third-order valence-electron chi connectivity index (χ3n) is 2.80. The number of hydrogen-bond donors (Lipinski definition) is 0. The van der Waals surface area contributed by atoms with Gasteiger partial charge in [-0.15, -0.1) is 11.3 Å². The number of ketones is 1. The normalized spacial score (nSPS) is 11.1. The Hall–Kier alpha value is -2.11. The molecule has 2 aromatic heterocycles. The largest absolute Gasteiger partial charge is 0.289 e. The first-order chi connectivity index (χ1) is 10.2. The highest BCUT2D eigenvalue weighted by Gasteiger charge is 2.05. The lowest BCUT2D eigenvalue weighted by Crippen LogP contribution is -1.94. The summed E-state index contributed by atoms with van der Waals surface area (Å²) in [6.45, 7) is 0. The average Bonchev–Trinajstić information content (AvgIpc) is 3.15. The second kappa shape index (κ2) is 6.11. The summed E-state index contributed by atoms with van der Waals surface area (Å²) in [4.78, 5) is 16.4. The zero-order chi connectivity index (χ0) is 14.7. The molecule has 0 aliphatic rings. The highest BCUT2D eigenvalue weighted by Crippen LogP contribution is 2.26. The van der Waals surface area contributed by atoms with E-state index in [-0.39, 0.29) is 5.78 Å². The minimum absolute atomic E-state index is 0.236. The van der Waals surface area contributed by atoms with Crippen LogP contribution in [-0.2, 0) is 0 Å². The third kappa shape index (κ3) is 3.32. The molecule has 0 radical (unpaired) electrons. The van der Waals surface area contributed by atoms with Crippen molar-refractivity contribution in [2.24, 2.45) is 0 Å². The van der Waals surface area contributed by atoms with Crippen LogP contribution in [0.5, 0.6) is 0 Å². The summed E-state index contributed by atoms with van der Waals surface area (Å²) in [6.07, 6.45) is 3.07. The van der Waals surface area contributed by atoms with Gasteiger partial charge in [0, 0.05) is 21.9 Å². The number of carbonyl (C=O) groups is 1. The number of thiazole rings is 1. The van der Waals surface area contributed by atoms with Crippen molar-refractivity contribution >= 4 is 34.5 Å². The lowest BCUT2D eigenvalue weighted by atomic mass is 10.1. The van der Waals surface area contributed by atoms with E-state index in [1.165, 1.54) is 35.6 Å². The van der Waals surface area contributed by atoms with Crippen molar-refractivity contribution in [1.29, 1.82) is 0 Å². The number of allylic oxidation sites excluding steroid dienone is 1. The van der Waals surface area contributed by atoms with Crippen molar-refractivity contribution in [3.05, 3.63) is 69.6 Å². The molecule has 0 amide bonds. The maximum atomic E-state index is 13.1. The highest BCUT2D eigenvalue weighted by molar-refractivity contribution is 7.14. The van der Waals surface area contributed by atoms with Crippen LogP contribution in [0.1, 0.15) is 16.1 Å². The molecular weight excluding hydrogens is 305 g/mol. The average molecular weight is 315 g/mol. The van der Waals surface area contributed by atoms with Gasteiger partial charge in [0.05, 0.1) is 5.69 Å². The van der Waals surface area contributed by atoms with Gasteiger partial charge in [-0.3, -0.25) is 4.79 Å². The number of benzene rings is 1. The molecule has 104 valence electrons. The van der Waals surface area contributed by atoms with Gasteiger partial charge in [-0.2, -0.15) is 11.3 Å². The molecule has 0 fully saturated rings. The van der Waals surface area contributed by atoms with Gasteiger partial charge in [0.2, 0.25) is 0 Å². The van der Waals surface area contributed by atoms with Gasteiger partial charge in [0.1, 0.15) is 10.8 Å². The van der Waals surface area contributed by atoms with Crippen LogP contribution in [0.25, 0.3) is 16.6 Å². The Morgan fingerprint density at radius 3 is 2.90 bits per heavy atom. The number of nitrogens with zero attached hydrogens (tertiary/aromatic N) is 1. The van der Waals surface area contributed by atoms with Crippen LogP contribution in [-0.4, -0.2) is 10.8 Å². The Balaban J connectivity index is 1.76. The van der Waals surface area contributed by atoms with Crippen molar-refractivity contribution in [3.63, 3.8) is 0 Å². The first kappa shape index (κ1) is 13.9. The number of halogens is 1. The summed E-state index contributed by atoms with van der Waals surface area (Å²) in [5.41, 5.74) is 2.14. The third-order valence-corrected chi connectivity index (χ3v) is 4.40. The smallest absolute Gasteiger partial charge is 0.186 e. The van der Waals surface area contributed by atoms with Crippen LogP contribution in [0.3, 0.4) is 0 Å². The number of carbonyl (C=O) groups excluding carboxylic acids is 1. The molecule has 2 heterocycles. The van der Waals surface area contributed by atoms with E-state index in [4.69, 9.17) is 0 Å². The second-order valence-corrected chi connectivity index (χ2v) is 5.94. The summed E-state index contributed by atoms with van der Waals surface area (Å²) in [5, 5.41) is 6.85. The van der Waals surface area contributed by atoms with Crippen molar-refractivity contribution in [2.45, 2.75) is 0 Å². The molecule has 3 aromatic rings. The molecular formula is C16H10FNOS2. The van der Waals surface area contributed by atoms with E-state index in [1.54, 1.807) is 23.5 Å². The van der Waals surface area contributed by atoms with E-state index >= 15 is 0 Å². The summed E-state index contributed by atoms with van der Waals surface area (Å²) in [5.74, 6) is -0.651. The maximum Gasteiger partial charge on any atom is 0.186 e. The molecule has 0 aliphatic carbocycles. The zero-order valence-electron chi connectivity index (χ0n) is 10.8. The Morgan fingerprint density at radius 2 is 2.14 bits per heavy atom. The van der Waals surface area contributed by atoms with E-state index < -0.39 is 5.82 Å². The van der Waals surface area contributed by atoms with Gasteiger partial charge in [0.25, 0.3) is 0 Å². The molecule has 0 spiro atoms. The Labute approximate surface area is 129 Å². The van der Waals surface area contributed by atoms with Crippen molar-refractivity contribution in [3.8, 4) is 10.6 Å². The van der Waals surface area contributed by atoms with Crippen LogP contribution in [0, 0.1) is 5.82 Å². The van der Waals surface area contributed by atoms with Gasteiger partial charge < -0.3 is 0 Å². The van der Waals surface area contributed by atoms with Crippen molar-refractivity contribution < 1.29 is 9.18 Å². The SMILES string of the molecule is O=C(/C=C/c1csc(-c2ccsc2)n1)c1cccc(F)c1. The van der Waals surface area contributed by atoms with E-state index in [2.05, 4.69) is 4.98 Å². The number of aromatic nitrogens is 1.